The molecule has 0 unspecified atom stereocenters. The molecule has 1 aromatic carbocycles. The Labute approximate surface area is 105 Å². The van der Waals surface area contributed by atoms with E-state index in [4.69, 9.17) is 4.74 Å². The summed E-state index contributed by atoms with van der Waals surface area (Å²) < 4.78 is 5.37. The van der Waals surface area contributed by atoms with Crippen molar-refractivity contribution < 1.29 is 4.74 Å². The highest BCUT2D eigenvalue weighted by atomic mass is 16.5. The summed E-state index contributed by atoms with van der Waals surface area (Å²) in [7, 11) is 1.57. The third-order valence-electron chi connectivity index (χ3n) is 2.65. The summed E-state index contributed by atoms with van der Waals surface area (Å²) in [5, 5.41) is 0.890. The van der Waals surface area contributed by atoms with Gasteiger partial charge < -0.3 is 9.72 Å². The zero-order valence-electron chi connectivity index (χ0n) is 10.5. The van der Waals surface area contributed by atoms with Crippen molar-refractivity contribution in [3.63, 3.8) is 0 Å². The van der Waals surface area contributed by atoms with Crippen molar-refractivity contribution in [1.29, 1.82) is 0 Å². The van der Waals surface area contributed by atoms with Crippen molar-refractivity contribution >= 4 is 17.0 Å². The standard InChI is InChI=1S/C15H15NO2/c1-10(2)8-9-12-14(18-3)11-6-4-5-7-13(11)16-15(12)17/h4-9H,1H2,2-3H3,(H,16,17)/b9-8+. The van der Waals surface area contributed by atoms with Gasteiger partial charge in [-0.1, -0.05) is 30.4 Å². The number of allylic oxidation sites excluding steroid dienone is 2. The van der Waals surface area contributed by atoms with Gasteiger partial charge in [0.15, 0.2) is 0 Å². The second-order valence-electron chi connectivity index (χ2n) is 4.13. The van der Waals surface area contributed by atoms with Crippen LogP contribution >= 0.6 is 0 Å². The molecule has 0 aliphatic heterocycles. The van der Waals surface area contributed by atoms with Crippen molar-refractivity contribution in [2.24, 2.45) is 0 Å². The van der Waals surface area contributed by atoms with Crippen LogP contribution in [0.5, 0.6) is 5.75 Å². The fraction of sp³-hybridized carbons (Fsp3) is 0.133. The minimum Gasteiger partial charge on any atom is -0.495 e. The largest absolute Gasteiger partial charge is 0.495 e. The van der Waals surface area contributed by atoms with Gasteiger partial charge in [-0.05, 0) is 25.1 Å². The van der Waals surface area contributed by atoms with Gasteiger partial charge in [-0.15, -0.1) is 0 Å². The number of aromatic amines is 1. The van der Waals surface area contributed by atoms with Gasteiger partial charge in [0, 0.05) is 5.39 Å². The molecule has 1 N–H and O–H groups in total. The molecule has 92 valence electrons. The quantitative estimate of drug-likeness (QED) is 0.839. The molecule has 18 heavy (non-hydrogen) atoms. The van der Waals surface area contributed by atoms with Crippen LogP contribution in [0.1, 0.15) is 12.5 Å². The van der Waals surface area contributed by atoms with Crippen LogP contribution in [0.2, 0.25) is 0 Å². The molecular formula is C15H15NO2. The van der Waals surface area contributed by atoms with Crippen molar-refractivity contribution in [1.82, 2.24) is 4.98 Å². The number of aromatic nitrogens is 1. The first-order valence-electron chi connectivity index (χ1n) is 5.66. The number of fused-ring (bicyclic) bond motifs is 1. The van der Waals surface area contributed by atoms with Gasteiger partial charge >= 0.3 is 0 Å². The lowest BCUT2D eigenvalue weighted by atomic mass is 10.1. The first-order valence-corrected chi connectivity index (χ1v) is 5.66. The maximum atomic E-state index is 12.0. The van der Waals surface area contributed by atoms with Crippen LogP contribution in [-0.4, -0.2) is 12.1 Å². The van der Waals surface area contributed by atoms with E-state index in [1.54, 1.807) is 19.3 Å². The number of methoxy groups -OCH3 is 1. The van der Waals surface area contributed by atoms with E-state index >= 15 is 0 Å². The second kappa shape index (κ2) is 4.92. The Balaban J connectivity index is 2.76. The van der Waals surface area contributed by atoms with E-state index in [-0.39, 0.29) is 5.56 Å². The van der Waals surface area contributed by atoms with Gasteiger partial charge in [-0.25, -0.2) is 0 Å². The van der Waals surface area contributed by atoms with Crippen LogP contribution in [0.15, 0.2) is 47.3 Å². The maximum absolute atomic E-state index is 12.0. The van der Waals surface area contributed by atoms with E-state index in [2.05, 4.69) is 11.6 Å². The fourth-order valence-electron chi connectivity index (χ4n) is 1.82. The minimum absolute atomic E-state index is 0.164. The van der Waals surface area contributed by atoms with Crippen LogP contribution in [-0.2, 0) is 0 Å². The number of benzene rings is 1. The second-order valence-corrected chi connectivity index (χ2v) is 4.13. The first-order chi connectivity index (χ1) is 8.63. The predicted molar refractivity (Wildman–Crippen MR) is 75.0 cm³/mol. The molecule has 0 fully saturated rings. The molecule has 0 atom stereocenters. The first kappa shape index (κ1) is 12.2. The Kier molecular flexibility index (Phi) is 3.33. The van der Waals surface area contributed by atoms with Gasteiger partial charge in [-0.2, -0.15) is 0 Å². The molecule has 0 aliphatic rings. The smallest absolute Gasteiger partial charge is 0.259 e. The Bertz CT molecular complexity index is 680. The molecule has 3 heteroatoms. The highest BCUT2D eigenvalue weighted by Crippen LogP contribution is 2.26. The summed E-state index contributed by atoms with van der Waals surface area (Å²) in [5.41, 5.74) is 2.00. The summed E-state index contributed by atoms with van der Waals surface area (Å²) in [6.07, 6.45) is 3.52. The van der Waals surface area contributed by atoms with Gasteiger partial charge in [0.2, 0.25) is 0 Å². The molecule has 2 rings (SSSR count). The number of hydrogen-bond donors (Lipinski definition) is 1. The van der Waals surface area contributed by atoms with Crippen LogP contribution in [0.25, 0.3) is 17.0 Å². The monoisotopic (exact) mass is 241 g/mol. The Hall–Kier alpha value is -2.29. The number of rotatable bonds is 3. The molecular weight excluding hydrogens is 226 g/mol. The average molecular weight is 241 g/mol. The van der Waals surface area contributed by atoms with Crippen LogP contribution in [0.3, 0.4) is 0 Å². The van der Waals surface area contributed by atoms with E-state index in [0.717, 1.165) is 16.5 Å². The van der Waals surface area contributed by atoms with Crippen molar-refractivity contribution in [2.75, 3.05) is 7.11 Å². The lowest BCUT2D eigenvalue weighted by Gasteiger charge is -2.08. The number of ether oxygens (including phenoxy) is 1. The SMILES string of the molecule is C=C(C)/C=C/c1c(OC)c2ccccc2[nH]c1=O. The molecule has 1 aromatic heterocycles. The number of hydrogen-bond acceptors (Lipinski definition) is 2. The molecule has 0 bridgehead atoms. The highest BCUT2D eigenvalue weighted by Gasteiger charge is 2.10. The fourth-order valence-corrected chi connectivity index (χ4v) is 1.82. The van der Waals surface area contributed by atoms with E-state index < -0.39 is 0 Å². The Morgan fingerprint density at radius 2 is 2.11 bits per heavy atom. The van der Waals surface area contributed by atoms with E-state index in [0.29, 0.717) is 11.3 Å². The van der Waals surface area contributed by atoms with Crippen LogP contribution < -0.4 is 10.3 Å². The predicted octanol–water partition coefficient (Wildman–Crippen LogP) is 3.13. The summed E-state index contributed by atoms with van der Waals surface area (Å²) in [4.78, 5) is 14.8. The van der Waals surface area contributed by atoms with Gasteiger partial charge in [0.25, 0.3) is 5.56 Å². The Morgan fingerprint density at radius 3 is 2.78 bits per heavy atom. The maximum Gasteiger partial charge on any atom is 0.259 e. The summed E-state index contributed by atoms with van der Waals surface area (Å²) in [5.74, 6) is 0.590. The third kappa shape index (κ3) is 2.20. The number of para-hydroxylation sites is 1. The summed E-state index contributed by atoms with van der Waals surface area (Å²) in [6.45, 7) is 5.65. The molecule has 1 heterocycles. The van der Waals surface area contributed by atoms with E-state index in [1.807, 2.05) is 31.2 Å². The van der Waals surface area contributed by atoms with Gasteiger partial charge in [0.05, 0.1) is 18.2 Å². The van der Waals surface area contributed by atoms with Crippen LogP contribution in [0, 0.1) is 0 Å². The molecule has 0 saturated carbocycles. The zero-order valence-corrected chi connectivity index (χ0v) is 10.5. The molecule has 0 saturated heterocycles. The molecule has 0 spiro atoms. The normalized spacial score (nSPS) is 11.0. The summed E-state index contributed by atoms with van der Waals surface area (Å²) in [6, 6.07) is 7.56. The van der Waals surface area contributed by atoms with Crippen molar-refractivity contribution in [3.05, 3.63) is 58.4 Å². The molecule has 0 aliphatic carbocycles. The van der Waals surface area contributed by atoms with Gasteiger partial charge in [0.1, 0.15) is 5.75 Å². The lowest BCUT2D eigenvalue weighted by molar-refractivity contribution is 0.418. The van der Waals surface area contributed by atoms with Crippen molar-refractivity contribution in [3.8, 4) is 5.75 Å². The average Bonchev–Trinajstić information content (AvgIpc) is 2.35. The van der Waals surface area contributed by atoms with Crippen molar-refractivity contribution in [2.45, 2.75) is 6.92 Å². The molecule has 3 nitrogen and oxygen atoms in total. The highest BCUT2D eigenvalue weighted by molar-refractivity contribution is 5.88. The number of nitrogens with one attached hydrogen (secondary N) is 1. The lowest BCUT2D eigenvalue weighted by Crippen LogP contribution is -2.11. The van der Waals surface area contributed by atoms with Gasteiger partial charge in [-0.3, -0.25) is 4.79 Å². The molecule has 2 aromatic rings. The summed E-state index contributed by atoms with van der Waals surface area (Å²) >= 11 is 0. The van der Waals surface area contributed by atoms with Crippen LogP contribution in [0.4, 0.5) is 0 Å². The molecule has 0 amide bonds. The number of H-pyrrole nitrogens is 1. The third-order valence-corrected chi connectivity index (χ3v) is 2.65. The van der Waals surface area contributed by atoms with E-state index in [1.165, 1.54) is 0 Å². The zero-order chi connectivity index (χ0) is 13.1. The Morgan fingerprint density at radius 1 is 1.39 bits per heavy atom. The number of pyridine rings is 1. The topological polar surface area (TPSA) is 42.1 Å². The minimum atomic E-state index is -0.164. The van der Waals surface area contributed by atoms with E-state index in [9.17, 15) is 4.79 Å². The molecule has 0 radical (unpaired) electrons.